The molecular weight excluding hydrogens is 326 g/mol. The van der Waals surface area contributed by atoms with Crippen LogP contribution in [0.1, 0.15) is 37.0 Å². The Bertz CT molecular complexity index is 731. The van der Waals surface area contributed by atoms with Crippen molar-refractivity contribution < 1.29 is 4.79 Å². The minimum Gasteiger partial charge on any atom is -0.367 e. The molecule has 2 N–H and O–H groups in total. The van der Waals surface area contributed by atoms with Crippen LogP contribution in [0.3, 0.4) is 0 Å². The number of aromatic amines is 1. The van der Waals surface area contributed by atoms with Crippen LogP contribution in [0.15, 0.2) is 30.3 Å². The van der Waals surface area contributed by atoms with Gasteiger partial charge in [-0.15, -0.1) is 0 Å². The minimum absolute atomic E-state index is 0.170. The van der Waals surface area contributed by atoms with E-state index in [1.54, 1.807) is 0 Å². The molecule has 2 heterocycles. The number of amides is 1. The Labute approximate surface area is 155 Å². The third-order valence-corrected chi connectivity index (χ3v) is 4.80. The van der Waals surface area contributed by atoms with Gasteiger partial charge >= 0.3 is 0 Å². The fourth-order valence-corrected chi connectivity index (χ4v) is 3.37. The van der Waals surface area contributed by atoms with Crippen molar-refractivity contribution in [2.24, 2.45) is 5.92 Å². The van der Waals surface area contributed by atoms with E-state index in [0.717, 1.165) is 56.2 Å². The van der Waals surface area contributed by atoms with E-state index in [2.05, 4.69) is 52.2 Å². The van der Waals surface area contributed by atoms with Gasteiger partial charge in [-0.05, 0) is 37.1 Å². The monoisotopic (exact) mass is 355 g/mol. The molecule has 2 aromatic rings. The van der Waals surface area contributed by atoms with Crippen molar-refractivity contribution in [1.29, 1.82) is 0 Å². The molecular formula is C20H29N5O. The summed E-state index contributed by atoms with van der Waals surface area (Å²) < 4.78 is 0. The summed E-state index contributed by atoms with van der Waals surface area (Å²) in [6.07, 6.45) is 0.887. The molecule has 6 nitrogen and oxygen atoms in total. The van der Waals surface area contributed by atoms with Gasteiger partial charge in [0, 0.05) is 31.9 Å². The van der Waals surface area contributed by atoms with E-state index in [9.17, 15) is 4.79 Å². The highest BCUT2D eigenvalue weighted by atomic mass is 16.1. The summed E-state index contributed by atoms with van der Waals surface area (Å²) in [6, 6.07) is 9.85. The number of H-pyrrole nitrogens is 1. The number of hydrogen-bond donors (Lipinski definition) is 2. The molecule has 0 atom stereocenters. The number of nitrogens with one attached hydrogen (secondary N) is 2. The van der Waals surface area contributed by atoms with Crippen molar-refractivity contribution in [1.82, 2.24) is 15.1 Å². The van der Waals surface area contributed by atoms with E-state index in [1.165, 1.54) is 0 Å². The third-order valence-electron chi connectivity index (χ3n) is 4.80. The molecule has 1 saturated heterocycles. The Balaban J connectivity index is 1.70. The first-order valence-corrected chi connectivity index (χ1v) is 9.48. The maximum absolute atomic E-state index is 12.6. The Morgan fingerprint density at radius 3 is 2.65 bits per heavy atom. The predicted octanol–water partition coefficient (Wildman–Crippen LogP) is 3.00. The average Bonchev–Trinajstić information content (AvgIpc) is 3.10. The molecule has 1 aliphatic rings. The summed E-state index contributed by atoms with van der Waals surface area (Å²) in [5.74, 6) is 0.352. The number of anilines is 2. The van der Waals surface area contributed by atoms with Gasteiger partial charge in [0.05, 0.1) is 11.4 Å². The van der Waals surface area contributed by atoms with E-state index < -0.39 is 0 Å². The van der Waals surface area contributed by atoms with Crippen molar-refractivity contribution >= 4 is 17.3 Å². The summed E-state index contributed by atoms with van der Waals surface area (Å²) in [4.78, 5) is 17.4. The molecule has 0 aliphatic carbocycles. The highest BCUT2D eigenvalue weighted by Gasteiger charge is 2.19. The molecule has 0 saturated carbocycles. The molecule has 1 aromatic heterocycles. The number of piperazine rings is 1. The highest BCUT2D eigenvalue weighted by molar-refractivity contribution is 6.04. The topological polar surface area (TPSA) is 64.3 Å². The molecule has 3 rings (SSSR count). The number of carbonyl (C=O) groups excluding carboxylic acids is 1. The van der Waals surface area contributed by atoms with E-state index >= 15 is 0 Å². The summed E-state index contributed by atoms with van der Waals surface area (Å²) in [5, 5.41) is 10.2. The van der Waals surface area contributed by atoms with Gasteiger partial charge in [-0.2, -0.15) is 5.10 Å². The largest absolute Gasteiger partial charge is 0.367 e. The number of benzene rings is 1. The predicted molar refractivity (Wildman–Crippen MR) is 106 cm³/mol. The van der Waals surface area contributed by atoms with Gasteiger partial charge in [0.25, 0.3) is 5.91 Å². The van der Waals surface area contributed by atoms with E-state index in [-0.39, 0.29) is 5.91 Å². The maximum atomic E-state index is 12.6. The first-order valence-electron chi connectivity index (χ1n) is 9.48. The molecule has 140 valence electrons. The number of likely N-dealkylation sites (N-methyl/N-ethyl adjacent to an activating group) is 1. The van der Waals surface area contributed by atoms with Crippen LogP contribution in [0.5, 0.6) is 0 Å². The number of carbonyl (C=O) groups is 1. The van der Waals surface area contributed by atoms with Crippen molar-refractivity contribution in [3.63, 3.8) is 0 Å². The zero-order valence-corrected chi connectivity index (χ0v) is 16.0. The Morgan fingerprint density at radius 1 is 1.23 bits per heavy atom. The molecule has 1 fully saturated rings. The quantitative estimate of drug-likeness (QED) is 0.836. The van der Waals surface area contributed by atoms with E-state index in [1.807, 2.05) is 24.3 Å². The van der Waals surface area contributed by atoms with Gasteiger partial charge in [0.15, 0.2) is 5.69 Å². The zero-order chi connectivity index (χ0) is 18.5. The highest BCUT2D eigenvalue weighted by Crippen LogP contribution is 2.27. The lowest BCUT2D eigenvalue weighted by Crippen LogP contribution is -2.46. The summed E-state index contributed by atoms with van der Waals surface area (Å²) >= 11 is 0. The number of rotatable bonds is 6. The first kappa shape index (κ1) is 18.5. The molecule has 0 bridgehead atoms. The van der Waals surface area contributed by atoms with Crippen molar-refractivity contribution in [3.8, 4) is 0 Å². The fraction of sp³-hybridized carbons (Fsp3) is 0.500. The second kappa shape index (κ2) is 8.36. The van der Waals surface area contributed by atoms with Crippen LogP contribution < -0.4 is 10.2 Å². The second-order valence-electron chi connectivity index (χ2n) is 7.27. The van der Waals surface area contributed by atoms with Crippen molar-refractivity contribution in [2.75, 3.05) is 42.9 Å². The average molecular weight is 355 g/mol. The van der Waals surface area contributed by atoms with E-state index in [4.69, 9.17) is 0 Å². The Kier molecular flexibility index (Phi) is 5.93. The summed E-state index contributed by atoms with van der Waals surface area (Å²) in [6.45, 7) is 11.6. The number of para-hydroxylation sites is 2. The molecule has 1 aliphatic heterocycles. The van der Waals surface area contributed by atoms with Gasteiger partial charge in [-0.1, -0.05) is 32.9 Å². The molecule has 1 amide bonds. The van der Waals surface area contributed by atoms with Gasteiger partial charge in [0.1, 0.15) is 0 Å². The third kappa shape index (κ3) is 4.43. The molecule has 6 heteroatoms. The van der Waals surface area contributed by atoms with Gasteiger partial charge in [0.2, 0.25) is 0 Å². The van der Waals surface area contributed by atoms with Crippen LogP contribution in [-0.2, 0) is 6.42 Å². The zero-order valence-electron chi connectivity index (χ0n) is 16.0. The van der Waals surface area contributed by atoms with Crippen LogP contribution in [0.25, 0.3) is 0 Å². The lowest BCUT2D eigenvalue weighted by atomic mass is 10.1. The minimum atomic E-state index is -0.170. The van der Waals surface area contributed by atoms with Gasteiger partial charge in [-0.25, -0.2) is 0 Å². The first-order chi connectivity index (χ1) is 12.6. The Morgan fingerprint density at radius 2 is 1.96 bits per heavy atom. The lowest BCUT2D eigenvalue weighted by Gasteiger charge is -2.36. The fourth-order valence-electron chi connectivity index (χ4n) is 3.37. The van der Waals surface area contributed by atoms with Crippen LogP contribution in [0, 0.1) is 5.92 Å². The number of aromatic nitrogens is 2. The second-order valence-corrected chi connectivity index (χ2v) is 7.27. The van der Waals surface area contributed by atoms with Crippen LogP contribution >= 0.6 is 0 Å². The maximum Gasteiger partial charge on any atom is 0.276 e. The number of nitrogens with zero attached hydrogens (tertiary/aromatic N) is 3. The number of hydrogen-bond acceptors (Lipinski definition) is 4. The summed E-state index contributed by atoms with van der Waals surface area (Å²) in [7, 11) is 0. The Hall–Kier alpha value is -2.34. The molecule has 1 aromatic carbocycles. The van der Waals surface area contributed by atoms with Crippen LogP contribution in [0.2, 0.25) is 0 Å². The van der Waals surface area contributed by atoms with Gasteiger partial charge < -0.3 is 15.1 Å². The van der Waals surface area contributed by atoms with Crippen molar-refractivity contribution in [3.05, 3.63) is 41.7 Å². The molecule has 0 radical (unpaired) electrons. The summed E-state index contributed by atoms with van der Waals surface area (Å²) in [5.41, 5.74) is 3.35. The van der Waals surface area contributed by atoms with Crippen molar-refractivity contribution in [2.45, 2.75) is 27.2 Å². The smallest absolute Gasteiger partial charge is 0.276 e. The standard InChI is InChI=1S/C20H29N5O/c1-4-24-9-11-25(12-10-24)19-8-6-5-7-17(19)21-20(26)18-14-16(22-23-18)13-15(2)3/h5-8,14-15H,4,9-13H2,1-3H3,(H,21,26)(H,22,23). The van der Waals surface area contributed by atoms with Crippen LogP contribution in [0.4, 0.5) is 11.4 Å². The molecule has 0 spiro atoms. The molecule has 0 unspecified atom stereocenters. The SMILES string of the molecule is CCN1CCN(c2ccccc2NC(=O)c2cc(CC(C)C)[nH]n2)CC1. The van der Waals surface area contributed by atoms with Gasteiger partial charge in [-0.3, -0.25) is 9.89 Å². The van der Waals surface area contributed by atoms with E-state index in [0.29, 0.717) is 11.6 Å². The lowest BCUT2D eigenvalue weighted by molar-refractivity contribution is 0.102. The van der Waals surface area contributed by atoms with Crippen LogP contribution in [-0.4, -0.2) is 53.7 Å². The molecule has 26 heavy (non-hydrogen) atoms. The normalized spacial score (nSPS) is 15.5.